The van der Waals surface area contributed by atoms with Crippen LogP contribution in [0.4, 0.5) is 5.69 Å². The number of halogens is 1. The average Bonchev–Trinajstić information content (AvgIpc) is 2.04. The molecule has 0 saturated carbocycles. The van der Waals surface area contributed by atoms with E-state index in [1.807, 2.05) is 19.0 Å². The van der Waals surface area contributed by atoms with Gasteiger partial charge < -0.3 is 10.0 Å². The molecule has 0 spiro atoms. The normalized spacial score (nSPS) is 9.77. The zero-order valence-electron chi connectivity index (χ0n) is 7.41. The fourth-order valence-electron chi connectivity index (χ4n) is 0.988. The van der Waals surface area contributed by atoms with Gasteiger partial charge in [-0.2, -0.15) is 0 Å². The lowest BCUT2D eigenvalue weighted by Gasteiger charge is -2.14. The minimum absolute atomic E-state index is 0.298. The molecule has 0 heterocycles. The zero-order valence-corrected chi connectivity index (χ0v) is 9.00. The van der Waals surface area contributed by atoms with E-state index in [1.54, 1.807) is 18.2 Å². The maximum Gasteiger partial charge on any atom is 0.335 e. The molecule has 0 bridgehead atoms. The number of benzene rings is 1. The van der Waals surface area contributed by atoms with Gasteiger partial charge in [0.05, 0.1) is 11.3 Å². The molecule has 70 valence electrons. The largest absolute Gasteiger partial charge is 0.478 e. The van der Waals surface area contributed by atoms with E-state index in [4.69, 9.17) is 5.11 Å². The van der Waals surface area contributed by atoms with Crippen LogP contribution >= 0.6 is 15.9 Å². The van der Waals surface area contributed by atoms with Crippen LogP contribution in [0.5, 0.6) is 0 Å². The molecular formula is C9H10BrNO2. The molecule has 1 rings (SSSR count). The number of aromatic carboxylic acids is 1. The van der Waals surface area contributed by atoms with Gasteiger partial charge in [0.25, 0.3) is 0 Å². The minimum atomic E-state index is -0.907. The van der Waals surface area contributed by atoms with Crippen molar-refractivity contribution in [1.29, 1.82) is 0 Å². The van der Waals surface area contributed by atoms with Gasteiger partial charge in [-0.25, -0.2) is 4.79 Å². The Labute approximate surface area is 85.1 Å². The second kappa shape index (κ2) is 3.79. The summed E-state index contributed by atoms with van der Waals surface area (Å²) in [4.78, 5) is 12.5. The second-order valence-electron chi connectivity index (χ2n) is 2.87. The third kappa shape index (κ3) is 2.21. The molecule has 0 atom stereocenters. The molecular weight excluding hydrogens is 234 g/mol. The Kier molecular flexibility index (Phi) is 2.93. The summed E-state index contributed by atoms with van der Waals surface area (Å²) in [6.45, 7) is 0. The predicted octanol–water partition coefficient (Wildman–Crippen LogP) is 2.21. The van der Waals surface area contributed by atoms with Gasteiger partial charge in [0.1, 0.15) is 0 Å². The number of hydrogen-bond donors (Lipinski definition) is 1. The summed E-state index contributed by atoms with van der Waals surface area (Å²) in [5.74, 6) is -0.907. The van der Waals surface area contributed by atoms with Gasteiger partial charge in [0.15, 0.2) is 0 Å². The molecule has 0 unspecified atom stereocenters. The molecule has 0 fully saturated rings. The first-order valence-corrected chi connectivity index (χ1v) is 4.52. The molecule has 0 saturated heterocycles. The number of anilines is 1. The molecule has 1 aromatic carbocycles. The Morgan fingerprint density at radius 3 is 2.54 bits per heavy atom. The molecule has 0 aliphatic carbocycles. The van der Waals surface area contributed by atoms with Crippen LogP contribution in [0.2, 0.25) is 0 Å². The third-order valence-corrected chi connectivity index (χ3v) is 2.35. The van der Waals surface area contributed by atoms with Crippen LogP contribution in [-0.2, 0) is 0 Å². The number of carboxylic acids is 1. The van der Waals surface area contributed by atoms with Crippen molar-refractivity contribution in [3.8, 4) is 0 Å². The molecule has 0 radical (unpaired) electrons. The SMILES string of the molecule is CN(C)c1cc(C(=O)O)ccc1Br. The standard InChI is InChI=1S/C9H10BrNO2/c1-11(2)8-5-6(9(12)13)3-4-7(8)10/h3-5H,1-2H3,(H,12,13). The fraction of sp³-hybridized carbons (Fsp3) is 0.222. The number of nitrogens with zero attached hydrogens (tertiary/aromatic N) is 1. The van der Waals surface area contributed by atoms with Crippen LogP contribution in [0.1, 0.15) is 10.4 Å². The van der Waals surface area contributed by atoms with Crippen molar-refractivity contribution in [2.45, 2.75) is 0 Å². The molecule has 0 amide bonds. The maximum absolute atomic E-state index is 10.7. The topological polar surface area (TPSA) is 40.5 Å². The first-order chi connectivity index (χ1) is 6.02. The lowest BCUT2D eigenvalue weighted by atomic mass is 10.2. The van der Waals surface area contributed by atoms with Crippen molar-refractivity contribution in [2.24, 2.45) is 0 Å². The summed E-state index contributed by atoms with van der Waals surface area (Å²) >= 11 is 3.35. The summed E-state index contributed by atoms with van der Waals surface area (Å²) in [7, 11) is 3.73. The molecule has 4 heteroatoms. The summed E-state index contributed by atoms with van der Waals surface area (Å²) < 4.78 is 0.891. The number of rotatable bonds is 2. The molecule has 1 aromatic rings. The Morgan fingerprint density at radius 1 is 1.46 bits per heavy atom. The number of carboxylic acid groups (broad SMARTS) is 1. The van der Waals surface area contributed by atoms with Crippen molar-refractivity contribution in [3.05, 3.63) is 28.2 Å². The van der Waals surface area contributed by atoms with Crippen LogP contribution in [0, 0.1) is 0 Å². The van der Waals surface area contributed by atoms with Gasteiger partial charge in [0.2, 0.25) is 0 Å². The fourth-order valence-corrected chi connectivity index (χ4v) is 1.59. The summed E-state index contributed by atoms with van der Waals surface area (Å²) in [5, 5.41) is 8.75. The first-order valence-electron chi connectivity index (χ1n) is 3.72. The maximum atomic E-state index is 10.7. The van der Waals surface area contributed by atoms with Crippen LogP contribution in [0.25, 0.3) is 0 Å². The monoisotopic (exact) mass is 243 g/mol. The van der Waals surface area contributed by atoms with Gasteiger partial charge in [-0.1, -0.05) is 0 Å². The Balaban J connectivity index is 3.19. The van der Waals surface area contributed by atoms with Crippen molar-refractivity contribution in [2.75, 3.05) is 19.0 Å². The zero-order chi connectivity index (χ0) is 10.0. The van der Waals surface area contributed by atoms with E-state index in [0.29, 0.717) is 5.56 Å². The van der Waals surface area contributed by atoms with E-state index >= 15 is 0 Å². The quantitative estimate of drug-likeness (QED) is 0.867. The first kappa shape index (κ1) is 10.1. The van der Waals surface area contributed by atoms with Crippen molar-refractivity contribution in [3.63, 3.8) is 0 Å². The van der Waals surface area contributed by atoms with Gasteiger partial charge in [-0.15, -0.1) is 0 Å². The Morgan fingerprint density at radius 2 is 2.08 bits per heavy atom. The van der Waals surface area contributed by atoms with E-state index < -0.39 is 5.97 Å². The Hall–Kier alpha value is -1.03. The van der Waals surface area contributed by atoms with E-state index in [9.17, 15) is 4.79 Å². The number of carbonyl (C=O) groups is 1. The van der Waals surface area contributed by atoms with Crippen LogP contribution in [0.3, 0.4) is 0 Å². The summed E-state index contributed by atoms with van der Waals surface area (Å²) in [6.07, 6.45) is 0. The highest BCUT2D eigenvalue weighted by atomic mass is 79.9. The van der Waals surface area contributed by atoms with Crippen LogP contribution in [0.15, 0.2) is 22.7 Å². The highest BCUT2D eigenvalue weighted by molar-refractivity contribution is 9.10. The molecule has 3 nitrogen and oxygen atoms in total. The average molecular weight is 244 g/mol. The van der Waals surface area contributed by atoms with Crippen molar-refractivity contribution < 1.29 is 9.90 Å². The van der Waals surface area contributed by atoms with Crippen LogP contribution in [-0.4, -0.2) is 25.2 Å². The number of hydrogen-bond acceptors (Lipinski definition) is 2. The van der Waals surface area contributed by atoms with E-state index in [1.165, 1.54) is 0 Å². The van der Waals surface area contributed by atoms with E-state index in [0.717, 1.165) is 10.2 Å². The second-order valence-corrected chi connectivity index (χ2v) is 3.72. The molecule has 0 aliphatic rings. The van der Waals surface area contributed by atoms with Gasteiger partial charge in [-0.05, 0) is 34.1 Å². The lowest BCUT2D eigenvalue weighted by Crippen LogP contribution is -2.10. The summed E-state index contributed by atoms with van der Waals surface area (Å²) in [6, 6.07) is 4.94. The highest BCUT2D eigenvalue weighted by Crippen LogP contribution is 2.25. The predicted molar refractivity (Wildman–Crippen MR) is 55.4 cm³/mol. The summed E-state index contributed by atoms with van der Waals surface area (Å²) in [5.41, 5.74) is 1.16. The van der Waals surface area contributed by atoms with Crippen LogP contribution < -0.4 is 4.90 Å². The van der Waals surface area contributed by atoms with E-state index in [2.05, 4.69) is 15.9 Å². The smallest absolute Gasteiger partial charge is 0.335 e. The molecule has 0 aliphatic heterocycles. The minimum Gasteiger partial charge on any atom is -0.478 e. The van der Waals surface area contributed by atoms with Gasteiger partial charge in [0, 0.05) is 18.6 Å². The third-order valence-electron chi connectivity index (χ3n) is 1.67. The van der Waals surface area contributed by atoms with Crippen molar-refractivity contribution >= 4 is 27.6 Å². The Bertz CT molecular complexity index is 336. The van der Waals surface area contributed by atoms with Crippen molar-refractivity contribution in [1.82, 2.24) is 0 Å². The van der Waals surface area contributed by atoms with Gasteiger partial charge in [-0.3, -0.25) is 0 Å². The molecule has 13 heavy (non-hydrogen) atoms. The van der Waals surface area contributed by atoms with Gasteiger partial charge >= 0.3 is 5.97 Å². The lowest BCUT2D eigenvalue weighted by molar-refractivity contribution is 0.0697. The molecule has 0 aromatic heterocycles. The molecule has 1 N–H and O–H groups in total. The highest BCUT2D eigenvalue weighted by Gasteiger charge is 2.07. The van der Waals surface area contributed by atoms with E-state index in [-0.39, 0.29) is 0 Å².